The van der Waals surface area contributed by atoms with Gasteiger partial charge in [-0.3, -0.25) is 20.4 Å². The van der Waals surface area contributed by atoms with Gasteiger partial charge in [-0.25, -0.2) is 4.68 Å². The molecule has 0 aliphatic heterocycles. The summed E-state index contributed by atoms with van der Waals surface area (Å²) in [7, 11) is 0. The molecule has 0 atom stereocenters. The molecule has 2 aromatic carbocycles. The van der Waals surface area contributed by atoms with Gasteiger partial charge in [-0.2, -0.15) is 0 Å². The molecule has 2 N–H and O–H groups in total. The summed E-state index contributed by atoms with van der Waals surface area (Å²) < 4.78 is 12.5. The van der Waals surface area contributed by atoms with Crippen LogP contribution in [0.5, 0.6) is 5.75 Å². The van der Waals surface area contributed by atoms with Gasteiger partial charge in [0.25, 0.3) is 5.91 Å². The molecule has 4 rings (SSSR count). The second-order valence-electron chi connectivity index (χ2n) is 6.11. The molecular formula is C20H17N5O4. The predicted octanol–water partition coefficient (Wildman–Crippen LogP) is 2.06. The number of nitrogens with one attached hydrogen (secondary N) is 2. The van der Waals surface area contributed by atoms with Crippen LogP contribution in [0.15, 0.2) is 71.1 Å². The van der Waals surface area contributed by atoms with Crippen LogP contribution in [0, 0.1) is 0 Å². The summed E-state index contributed by atoms with van der Waals surface area (Å²) in [5, 5.41) is 7.91. The molecule has 2 heterocycles. The molecule has 0 fully saturated rings. The van der Waals surface area contributed by atoms with Crippen molar-refractivity contribution in [3.63, 3.8) is 0 Å². The Kier molecular flexibility index (Phi) is 5.19. The summed E-state index contributed by atoms with van der Waals surface area (Å²) in [6.07, 6.45) is 0. The number of amides is 2. The summed E-state index contributed by atoms with van der Waals surface area (Å²) in [5.74, 6) is 0.214. The van der Waals surface area contributed by atoms with E-state index in [9.17, 15) is 9.59 Å². The molecule has 29 heavy (non-hydrogen) atoms. The van der Waals surface area contributed by atoms with E-state index in [1.807, 2.05) is 48.5 Å². The third kappa shape index (κ3) is 4.41. The maximum atomic E-state index is 12.2. The van der Waals surface area contributed by atoms with Crippen LogP contribution >= 0.6 is 0 Å². The average molecular weight is 391 g/mol. The van der Waals surface area contributed by atoms with Crippen molar-refractivity contribution in [2.75, 3.05) is 0 Å². The highest BCUT2D eigenvalue weighted by Gasteiger charge is 2.14. The molecule has 2 amide bonds. The van der Waals surface area contributed by atoms with Gasteiger partial charge in [0.15, 0.2) is 5.76 Å². The lowest BCUT2D eigenvalue weighted by atomic mass is 10.3. The van der Waals surface area contributed by atoms with Gasteiger partial charge in [-0.05, 0) is 36.4 Å². The average Bonchev–Trinajstić information content (AvgIpc) is 3.39. The number of hydrogen-bond acceptors (Lipinski definition) is 6. The van der Waals surface area contributed by atoms with Crippen molar-refractivity contribution in [1.29, 1.82) is 0 Å². The number of carbonyl (C=O) groups is 2. The maximum absolute atomic E-state index is 12.2. The van der Waals surface area contributed by atoms with Crippen molar-refractivity contribution in [2.45, 2.75) is 13.2 Å². The molecule has 0 aliphatic rings. The van der Waals surface area contributed by atoms with Gasteiger partial charge in [-0.15, -0.1) is 5.10 Å². The van der Waals surface area contributed by atoms with Gasteiger partial charge in [0.05, 0.1) is 5.52 Å². The SMILES string of the molecule is O=C(Cn1nnc2ccccc21)NNC(=O)c1ccc(COc2ccccc2)o1. The first kappa shape index (κ1) is 18.2. The number of benzene rings is 2. The quantitative estimate of drug-likeness (QED) is 0.487. The van der Waals surface area contributed by atoms with Gasteiger partial charge >= 0.3 is 5.91 Å². The topological polar surface area (TPSA) is 111 Å². The first-order chi connectivity index (χ1) is 14.2. The first-order valence-corrected chi connectivity index (χ1v) is 8.83. The molecule has 0 unspecified atom stereocenters. The Morgan fingerprint density at radius 3 is 2.62 bits per heavy atom. The largest absolute Gasteiger partial charge is 0.486 e. The summed E-state index contributed by atoms with van der Waals surface area (Å²) in [5.41, 5.74) is 6.05. The van der Waals surface area contributed by atoms with Crippen LogP contribution in [0.25, 0.3) is 11.0 Å². The summed E-state index contributed by atoms with van der Waals surface area (Å²) in [4.78, 5) is 24.2. The van der Waals surface area contributed by atoms with E-state index >= 15 is 0 Å². The summed E-state index contributed by atoms with van der Waals surface area (Å²) in [6, 6.07) is 19.7. The van der Waals surface area contributed by atoms with E-state index in [0.29, 0.717) is 17.0 Å². The number of fused-ring (bicyclic) bond motifs is 1. The van der Waals surface area contributed by atoms with E-state index in [4.69, 9.17) is 9.15 Å². The molecule has 0 spiro atoms. The molecule has 0 bridgehead atoms. The van der Waals surface area contributed by atoms with E-state index in [-0.39, 0.29) is 18.9 Å². The number of hydrogen-bond donors (Lipinski definition) is 2. The Morgan fingerprint density at radius 1 is 0.966 bits per heavy atom. The van der Waals surface area contributed by atoms with E-state index in [0.717, 1.165) is 5.52 Å². The second kappa shape index (κ2) is 8.26. The molecular weight excluding hydrogens is 374 g/mol. The van der Waals surface area contributed by atoms with Crippen LogP contribution in [-0.4, -0.2) is 26.8 Å². The summed E-state index contributed by atoms with van der Waals surface area (Å²) in [6.45, 7) is 0.0954. The first-order valence-electron chi connectivity index (χ1n) is 8.83. The van der Waals surface area contributed by atoms with E-state index in [1.54, 1.807) is 12.1 Å². The van der Waals surface area contributed by atoms with Gasteiger partial charge in [0, 0.05) is 0 Å². The van der Waals surface area contributed by atoms with Crippen molar-refractivity contribution in [3.8, 4) is 5.75 Å². The minimum Gasteiger partial charge on any atom is -0.486 e. The molecule has 0 saturated carbocycles. The van der Waals surface area contributed by atoms with Gasteiger partial charge < -0.3 is 9.15 Å². The zero-order chi connectivity index (χ0) is 20.1. The lowest BCUT2D eigenvalue weighted by Gasteiger charge is -2.06. The van der Waals surface area contributed by atoms with E-state index in [2.05, 4.69) is 21.2 Å². The molecule has 4 aromatic rings. The van der Waals surface area contributed by atoms with Gasteiger partial charge in [0.2, 0.25) is 0 Å². The zero-order valence-corrected chi connectivity index (χ0v) is 15.2. The Balaban J connectivity index is 1.28. The number of nitrogens with zero attached hydrogens (tertiary/aromatic N) is 3. The van der Waals surface area contributed by atoms with Crippen molar-refractivity contribution >= 4 is 22.8 Å². The number of furan rings is 1. The third-order valence-corrected chi connectivity index (χ3v) is 4.04. The number of ether oxygens (including phenoxy) is 1. The standard InChI is InChI=1S/C20H17N5O4/c26-19(12-25-17-9-5-4-8-16(17)21-24-25)22-23-20(27)18-11-10-15(29-18)13-28-14-6-2-1-3-7-14/h1-11H,12-13H2,(H,22,26)(H,23,27). The van der Waals surface area contributed by atoms with Crippen molar-refractivity contribution in [3.05, 3.63) is 78.3 Å². The van der Waals surface area contributed by atoms with E-state index < -0.39 is 11.8 Å². The number of carbonyl (C=O) groups excluding carboxylic acids is 2. The third-order valence-electron chi connectivity index (χ3n) is 4.04. The van der Waals surface area contributed by atoms with Crippen LogP contribution < -0.4 is 15.6 Å². The number of para-hydroxylation sites is 2. The molecule has 9 heteroatoms. The van der Waals surface area contributed by atoms with Crippen molar-refractivity contribution in [1.82, 2.24) is 25.8 Å². The Bertz CT molecular complexity index is 1140. The minimum atomic E-state index is -0.576. The fraction of sp³-hybridized carbons (Fsp3) is 0.100. The molecule has 0 saturated heterocycles. The van der Waals surface area contributed by atoms with Crippen LogP contribution in [-0.2, 0) is 17.9 Å². The molecule has 146 valence electrons. The van der Waals surface area contributed by atoms with Gasteiger partial charge in [-0.1, -0.05) is 35.5 Å². The highest BCUT2D eigenvalue weighted by molar-refractivity contribution is 5.93. The van der Waals surface area contributed by atoms with E-state index in [1.165, 1.54) is 10.7 Å². The zero-order valence-electron chi connectivity index (χ0n) is 15.2. The molecule has 0 radical (unpaired) electrons. The van der Waals surface area contributed by atoms with Crippen LogP contribution in [0.4, 0.5) is 0 Å². The fourth-order valence-corrected chi connectivity index (χ4v) is 2.65. The fourth-order valence-electron chi connectivity index (χ4n) is 2.65. The number of aromatic nitrogens is 3. The van der Waals surface area contributed by atoms with Crippen LogP contribution in [0.1, 0.15) is 16.3 Å². The smallest absolute Gasteiger partial charge is 0.305 e. The normalized spacial score (nSPS) is 10.6. The lowest BCUT2D eigenvalue weighted by molar-refractivity contribution is -0.122. The predicted molar refractivity (Wildman–Crippen MR) is 103 cm³/mol. The number of hydrazine groups is 1. The molecule has 9 nitrogen and oxygen atoms in total. The molecule has 2 aromatic heterocycles. The Hall–Kier alpha value is -4.14. The van der Waals surface area contributed by atoms with Crippen molar-refractivity contribution < 1.29 is 18.7 Å². The van der Waals surface area contributed by atoms with Crippen LogP contribution in [0.3, 0.4) is 0 Å². The number of rotatable bonds is 6. The highest BCUT2D eigenvalue weighted by atomic mass is 16.5. The second-order valence-corrected chi connectivity index (χ2v) is 6.11. The van der Waals surface area contributed by atoms with Crippen LogP contribution in [0.2, 0.25) is 0 Å². The Morgan fingerprint density at radius 2 is 1.76 bits per heavy atom. The lowest BCUT2D eigenvalue weighted by Crippen LogP contribution is -2.43. The van der Waals surface area contributed by atoms with Gasteiger partial charge in [0.1, 0.15) is 30.2 Å². The highest BCUT2D eigenvalue weighted by Crippen LogP contribution is 2.14. The Labute approximate surface area is 165 Å². The minimum absolute atomic E-state index is 0.0585. The molecule has 0 aliphatic carbocycles. The maximum Gasteiger partial charge on any atom is 0.305 e. The monoisotopic (exact) mass is 391 g/mol. The van der Waals surface area contributed by atoms with Crippen molar-refractivity contribution in [2.24, 2.45) is 0 Å². The summed E-state index contributed by atoms with van der Waals surface area (Å²) >= 11 is 0.